The molecule has 0 spiro atoms. The molecule has 0 aromatic heterocycles. The second-order valence-electron chi connectivity index (χ2n) is 5.78. The molecule has 1 fully saturated rings. The van der Waals surface area contributed by atoms with Crippen molar-refractivity contribution in [3.8, 4) is 0 Å². The van der Waals surface area contributed by atoms with Gasteiger partial charge in [0, 0.05) is 19.4 Å². The van der Waals surface area contributed by atoms with Crippen LogP contribution in [-0.4, -0.2) is 35.1 Å². The first kappa shape index (κ1) is 11.7. The molecule has 0 atom stereocenters. The van der Waals surface area contributed by atoms with Gasteiger partial charge in [-0.2, -0.15) is 0 Å². The summed E-state index contributed by atoms with van der Waals surface area (Å²) in [4.78, 5) is 13.9. The second kappa shape index (κ2) is 4.09. The molecule has 0 aliphatic heterocycles. The largest absolute Gasteiger partial charge is 0.480 e. The van der Waals surface area contributed by atoms with Crippen LogP contribution >= 0.6 is 0 Å². The van der Waals surface area contributed by atoms with Crippen molar-refractivity contribution in [1.29, 1.82) is 0 Å². The van der Waals surface area contributed by atoms with Gasteiger partial charge >= 0.3 is 5.97 Å². The zero-order valence-electron chi connectivity index (χ0n) is 10.7. The molecule has 0 unspecified atom stereocenters. The van der Waals surface area contributed by atoms with E-state index in [1.165, 1.54) is 24.0 Å². The van der Waals surface area contributed by atoms with E-state index in [-0.39, 0.29) is 0 Å². The van der Waals surface area contributed by atoms with Crippen LogP contribution in [0.5, 0.6) is 0 Å². The van der Waals surface area contributed by atoms with E-state index in [0.717, 1.165) is 12.5 Å². The minimum absolute atomic E-state index is 0.641. The summed E-state index contributed by atoms with van der Waals surface area (Å²) < 4.78 is 0. The quantitative estimate of drug-likeness (QED) is 0.881. The third kappa shape index (κ3) is 1.83. The van der Waals surface area contributed by atoms with E-state index in [4.69, 9.17) is 0 Å². The van der Waals surface area contributed by atoms with Crippen LogP contribution in [0.1, 0.15) is 24.0 Å². The minimum Gasteiger partial charge on any atom is -0.480 e. The zero-order valence-corrected chi connectivity index (χ0v) is 10.7. The Morgan fingerprint density at radius 1 is 1.33 bits per heavy atom. The first-order valence-corrected chi connectivity index (χ1v) is 6.63. The molecule has 1 aromatic carbocycles. The van der Waals surface area contributed by atoms with Crippen molar-refractivity contribution in [3.63, 3.8) is 0 Å². The standard InChI is InChI=1S/C15H19NO2/c1-16(10-11-6-7-11)15(14(17)18)8-12-4-2-3-5-13(12)9-15/h2-5,11H,6-10H2,1H3,(H,17,18). The molecule has 3 nitrogen and oxygen atoms in total. The van der Waals surface area contributed by atoms with Gasteiger partial charge in [0.15, 0.2) is 0 Å². The lowest BCUT2D eigenvalue weighted by Crippen LogP contribution is -2.54. The fourth-order valence-corrected chi connectivity index (χ4v) is 3.04. The van der Waals surface area contributed by atoms with Gasteiger partial charge in [0.05, 0.1) is 0 Å². The number of carboxylic acids is 1. The maximum Gasteiger partial charge on any atom is 0.324 e. The fraction of sp³-hybridized carbons (Fsp3) is 0.533. The number of benzene rings is 1. The van der Waals surface area contributed by atoms with Gasteiger partial charge in [-0.3, -0.25) is 9.69 Å². The first-order valence-electron chi connectivity index (χ1n) is 6.63. The normalized spacial score (nSPS) is 21.0. The minimum atomic E-state index is -0.716. The van der Waals surface area contributed by atoms with E-state index in [9.17, 15) is 9.90 Å². The van der Waals surface area contributed by atoms with Crippen molar-refractivity contribution < 1.29 is 9.90 Å². The van der Waals surface area contributed by atoms with Gasteiger partial charge in [-0.25, -0.2) is 0 Å². The number of nitrogens with zero attached hydrogens (tertiary/aromatic N) is 1. The summed E-state index contributed by atoms with van der Waals surface area (Å²) in [5.74, 6) is 0.0387. The third-order valence-corrected chi connectivity index (χ3v) is 4.44. The average molecular weight is 245 g/mol. The molecule has 3 heteroatoms. The van der Waals surface area contributed by atoms with Crippen molar-refractivity contribution in [2.75, 3.05) is 13.6 Å². The lowest BCUT2D eigenvalue weighted by Gasteiger charge is -2.35. The summed E-state index contributed by atoms with van der Waals surface area (Å²) in [5, 5.41) is 9.70. The molecule has 18 heavy (non-hydrogen) atoms. The van der Waals surface area contributed by atoms with Crippen LogP contribution in [0.3, 0.4) is 0 Å². The van der Waals surface area contributed by atoms with E-state index in [1.807, 2.05) is 19.2 Å². The van der Waals surface area contributed by atoms with Crippen LogP contribution in [0.15, 0.2) is 24.3 Å². The molecule has 0 saturated heterocycles. The Morgan fingerprint density at radius 2 is 1.89 bits per heavy atom. The maximum absolute atomic E-state index is 11.8. The van der Waals surface area contributed by atoms with Crippen LogP contribution in [0.2, 0.25) is 0 Å². The highest BCUT2D eigenvalue weighted by Crippen LogP contribution is 2.37. The van der Waals surface area contributed by atoms with E-state index < -0.39 is 11.5 Å². The molecule has 2 aliphatic rings. The highest BCUT2D eigenvalue weighted by atomic mass is 16.4. The van der Waals surface area contributed by atoms with Gasteiger partial charge in [-0.05, 0) is 36.9 Å². The van der Waals surface area contributed by atoms with E-state index >= 15 is 0 Å². The SMILES string of the molecule is CN(CC1CC1)C1(C(=O)O)Cc2ccccc2C1. The van der Waals surface area contributed by atoms with Gasteiger partial charge in [-0.15, -0.1) is 0 Å². The Bertz CT molecular complexity index is 454. The van der Waals surface area contributed by atoms with Crippen LogP contribution in [0, 0.1) is 5.92 Å². The Morgan fingerprint density at radius 3 is 2.33 bits per heavy atom. The zero-order chi connectivity index (χ0) is 12.8. The number of hydrogen-bond donors (Lipinski definition) is 1. The van der Waals surface area contributed by atoms with Crippen LogP contribution in [-0.2, 0) is 17.6 Å². The molecule has 1 saturated carbocycles. The van der Waals surface area contributed by atoms with E-state index in [2.05, 4.69) is 17.0 Å². The number of aliphatic carboxylic acids is 1. The number of likely N-dealkylation sites (N-methyl/N-ethyl adjacent to an activating group) is 1. The van der Waals surface area contributed by atoms with E-state index in [1.54, 1.807) is 0 Å². The van der Waals surface area contributed by atoms with Gasteiger partial charge in [0.25, 0.3) is 0 Å². The summed E-state index contributed by atoms with van der Waals surface area (Å²) in [5.41, 5.74) is 1.68. The Hall–Kier alpha value is -1.35. The predicted molar refractivity (Wildman–Crippen MR) is 69.6 cm³/mol. The molecule has 1 N–H and O–H groups in total. The lowest BCUT2D eigenvalue weighted by atomic mass is 9.93. The monoisotopic (exact) mass is 245 g/mol. The third-order valence-electron chi connectivity index (χ3n) is 4.44. The van der Waals surface area contributed by atoms with Crippen molar-refractivity contribution in [2.45, 2.75) is 31.2 Å². The van der Waals surface area contributed by atoms with Crippen LogP contribution in [0.25, 0.3) is 0 Å². The summed E-state index contributed by atoms with van der Waals surface area (Å²) in [6.45, 7) is 0.917. The van der Waals surface area contributed by atoms with Gasteiger partial charge in [0.1, 0.15) is 5.54 Å². The Labute approximate surface area is 107 Å². The molecule has 0 radical (unpaired) electrons. The number of fused-ring (bicyclic) bond motifs is 1. The summed E-state index contributed by atoms with van der Waals surface area (Å²) in [6, 6.07) is 8.12. The topological polar surface area (TPSA) is 40.5 Å². The van der Waals surface area contributed by atoms with E-state index in [0.29, 0.717) is 12.8 Å². The number of carbonyl (C=O) groups is 1. The smallest absolute Gasteiger partial charge is 0.324 e. The van der Waals surface area contributed by atoms with Gasteiger partial charge in [-0.1, -0.05) is 24.3 Å². The highest BCUT2D eigenvalue weighted by molar-refractivity contribution is 5.81. The Balaban J connectivity index is 1.88. The van der Waals surface area contributed by atoms with Crippen molar-refractivity contribution >= 4 is 5.97 Å². The molecule has 0 amide bonds. The molecule has 3 rings (SSSR count). The first-order chi connectivity index (χ1) is 8.62. The predicted octanol–water partition coefficient (Wildman–Crippen LogP) is 1.95. The molecule has 0 bridgehead atoms. The maximum atomic E-state index is 11.8. The van der Waals surface area contributed by atoms with Crippen molar-refractivity contribution in [3.05, 3.63) is 35.4 Å². The van der Waals surface area contributed by atoms with Gasteiger partial charge < -0.3 is 5.11 Å². The van der Waals surface area contributed by atoms with Crippen LogP contribution in [0.4, 0.5) is 0 Å². The molecular weight excluding hydrogens is 226 g/mol. The highest BCUT2D eigenvalue weighted by Gasteiger charge is 2.48. The summed E-state index contributed by atoms with van der Waals surface area (Å²) in [7, 11) is 1.97. The summed E-state index contributed by atoms with van der Waals surface area (Å²) in [6.07, 6.45) is 3.80. The molecular formula is C15H19NO2. The van der Waals surface area contributed by atoms with Crippen molar-refractivity contribution in [1.82, 2.24) is 4.90 Å². The molecule has 1 aromatic rings. The number of rotatable bonds is 4. The number of carboxylic acid groups (broad SMARTS) is 1. The number of hydrogen-bond acceptors (Lipinski definition) is 2. The second-order valence-corrected chi connectivity index (χ2v) is 5.78. The average Bonchev–Trinajstić information content (AvgIpc) is 3.06. The van der Waals surface area contributed by atoms with Crippen LogP contribution < -0.4 is 0 Å². The van der Waals surface area contributed by atoms with Gasteiger partial charge in [0.2, 0.25) is 0 Å². The molecule has 2 aliphatic carbocycles. The summed E-state index contributed by atoms with van der Waals surface area (Å²) >= 11 is 0. The lowest BCUT2D eigenvalue weighted by molar-refractivity contribution is -0.150. The van der Waals surface area contributed by atoms with Crippen molar-refractivity contribution in [2.24, 2.45) is 5.92 Å². The molecule has 96 valence electrons. The fourth-order valence-electron chi connectivity index (χ4n) is 3.04. The Kier molecular flexibility index (Phi) is 2.67. The molecule has 0 heterocycles.